The van der Waals surface area contributed by atoms with E-state index in [0.29, 0.717) is 18.1 Å². The zero-order valence-electron chi connectivity index (χ0n) is 14.1. The van der Waals surface area contributed by atoms with Gasteiger partial charge < -0.3 is 4.74 Å². The highest BCUT2D eigenvalue weighted by molar-refractivity contribution is 5.75. The minimum absolute atomic E-state index is 0.0431. The number of rotatable bonds is 6. The third-order valence-corrected chi connectivity index (χ3v) is 4.74. The van der Waals surface area contributed by atoms with E-state index in [1.807, 2.05) is 24.3 Å². The van der Waals surface area contributed by atoms with Crippen molar-refractivity contribution in [2.75, 3.05) is 0 Å². The molecule has 1 aliphatic carbocycles. The van der Waals surface area contributed by atoms with Gasteiger partial charge in [0.05, 0.1) is 5.92 Å². The van der Waals surface area contributed by atoms with Gasteiger partial charge in [0.1, 0.15) is 11.8 Å². The monoisotopic (exact) mass is 329 g/mol. The van der Waals surface area contributed by atoms with E-state index in [2.05, 4.69) is 6.92 Å². The second-order valence-corrected chi connectivity index (χ2v) is 6.38. The van der Waals surface area contributed by atoms with Crippen molar-refractivity contribution in [1.82, 2.24) is 0 Å². The Morgan fingerprint density at radius 1 is 1.29 bits per heavy atom. The molecule has 0 spiro atoms. The van der Waals surface area contributed by atoms with Crippen molar-refractivity contribution < 1.29 is 13.9 Å². The Kier molecular flexibility index (Phi) is 6.99. The molecule has 1 aliphatic rings. The zero-order chi connectivity index (χ0) is 17.4. The number of aryl methyl sites for hydroxylation is 1. The van der Waals surface area contributed by atoms with Gasteiger partial charge in [0.2, 0.25) is 0 Å². The summed E-state index contributed by atoms with van der Waals surface area (Å²) in [6.07, 6.45) is 7.32. The number of nitriles is 1. The molecule has 0 bridgehead atoms. The van der Waals surface area contributed by atoms with Crippen LogP contribution < -0.4 is 4.74 Å². The third kappa shape index (κ3) is 5.49. The van der Waals surface area contributed by atoms with Crippen molar-refractivity contribution in [1.29, 1.82) is 5.26 Å². The van der Waals surface area contributed by atoms with Crippen LogP contribution >= 0.6 is 0 Å². The van der Waals surface area contributed by atoms with E-state index in [1.54, 1.807) is 0 Å². The minimum Gasteiger partial charge on any atom is -0.426 e. The highest BCUT2D eigenvalue weighted by Gasteiger charge is 2.27. The number of carbonyl (C=O) groups is 1. The van der Waals surface area contributed by atoms with E-state index < -0.39 is 5.83 Å². The summed E-state index contributed by atoms with van der Waals surface area (Å²) in [4.78, 5) is 12.3. The second kappa shape index (κ2) is 9.22. The average Bonchev–Trinajstić information content (AvgIpc) is 2.62. The van der Waals surface area contributed by atoms with Gasteiger partial charge in [0, 0.05) is 0 Å². The molecule has 4 heteroatoms. The summed E-state index contributed by atoms with van der Waals surface area (Å²) < 4.78 is 18.2. The summed E-state index contributed by atoms with van der Waals surface area (Å²) in [5.41, 5.74) is 1.22. The van der Waals surface area contributed by atoms with Crippen molar-refractivity contribution in [2.24, 2.45) is 11.8 Å². The first-order valence-corrected chi connectivity index (χ1v) is 8.68. The van der Waals surface area contributed by atoms with Crippen LogP contribution in [0.4, 0.5) is 4.39 Å². The SMILES string of the molecule is CCc1ccc(OC(=O)C2CCC(CC/C=C(/F)C#N)CC2)cc1. The second-order valence-electron chi connectivity index (χ2n) is 6.38. The van der Waals surface area contributed by atoms with Crippen LogP contribution in [0.15, 0.2) is 36.2 Å². The van der Waals surface area contributed by atoms with Crippen LogP contribution in [0, 0.1) is 23.2 Å². The van der Waals surface area contributed by atoms with E-state index in [1.165, 1.54) is 17.7 Å². The number of esters is 1. The van der Waals surface area contributed by atoms with Gasteiger partial charge in [0.25, 0.3) is 0 Å². The number of nitrogens with zero attached hydrogens (tertiary/aromatic N) is 1. The fraction of sp³-hybridized carbons (Fsp3) is 0.500. The van der Waals surface area contributed by atoms with Crippen molar-refractivity contribution >= 4 is 5.97 Å². The fourth-order valence-corrected chi connectivity index (χ4v) is 3.17. The topological polar surface area (TPSA) is 50.1 Å². The summed E-state index contributed by atoms with van der Waals surface area (Å²) in [6, 6.07) is 9.14. The molecule has 1 fully saturated rings. The maximum atomic E-state index is 12.7. The maximum Gasteiger partial charge on any atom is 0.314 e. The molecule has 0 atom stereocenters. The zero-order valence-corrected chi connectivity index (χ0v) is 14.1. The van der Waals surface area contributed by atoms with Gasteiger partial charge in [-0.25, -0.2) is 0 Å². The normalized spacial score (nSPS) is 21.1. The molecule has 0 unspecified atom stereocenters. The first-order chi connectivity index (χ1) is 11.6. The number of carbonyl (C=O) groups excluding carboxylic acids is 1. The lowest BCUT2D eigenvalue weighted by Crippen LogP contribution is -2.25. The molecule has 3 nitrogen and oxygen atoms in total. The van der Waals surface area contributed by atoms with E-state index in [0.717, 1.165) is 38.5 Å². The van der Waals surface area contributed by atoms with Gasteiger partial charge in [0.15, 0.2) is 5.83 Å². The van der Waals surface area contributed by atoms with Gasteiger partial charge in [-0.05, 0) is 74.6 Å². The number of ether oxygens (including phenoxy) is 1. The number of allylic oxidation sites excluding steroid dienone is 2. The standard InChI is InChI=1S/C20H24FNO2/c1-2-15-8-12-19(13-9-15)24-20(23)17-10-6-16(7-11-17)4-3-5-18(21)14-22/h5,8-9,12-13,16-17H,2-4,6-7,10-11H2,1H3/b18-5+. The molecule has 24 heavy (non-hydrogen) atoms. The number of hydrogen-bond acceptors (Lipinski definition) is 3. The van der Waals surface area contributed by atoms with Crippen LogP contribution in [-0.4, -0.2) is 5.97 Å². The Balaban J connectivity index is 1.75. The van der Waals surface area contributed by atoms with Crippen LogP contribution in [0.1, 0.15) is 51.0 Å². The molecule has 0 amide bonds. The highest BCUT2D eigenvalue weighted by Crippen LogP contribution is 2.32. The molecular weight excluding hydrogens is 305 g/mol. The third-order valence-electron chi connectivity index (χ3n) is 4.74. The maximum absolute atomic E-state index is 12.7. The Morgan fingerprint density at radius 2 is 1.96 bits per heavy atom. The molecule has 2 rings (SSSR count). The molecule has 0 radical (unpaired) electrons. The van der Waals surface area contributed by atoms with Gasteiger partial charge in [-0.15, -0.1) is 0 Å². The average molecular weight is 329 g/mol. The first kappa shape index (κ1) is 18.2. The predicted molar refractivity (Wildman–Crippen MR) is 90.9 cm³/mol. The van der Waals surface area contributed by atoms with Crippen molar-refractivity contribution in [3.63, 3.8) is 0 Å². The van der Waals surface area contributed by atoms with Crippen LogP contribution in [0.5, 0.6) is 5.75 Å². The van der Waals surface area contributed by atoms with Crippen molar-refractivity contribution in [3.05, 3.63) is 41.7 Å². The lowest BCUT2D eigenvalue weighted by molar-refractivity contribution is -0.140. The molecule has 0 heterocycles. The lowest BCUT2D eigenvalue weighted by atomic mass is 9.80. The first-order valence-electron chi connectivity index (χ1n) is 8.68. The number of benzene rings is 1. The van der Waals surface area contributed by atoms with E-state index in [9.17, 15) is 9.18 Å². The molecule has 1 aromatic rings. The van der Waals surface area contributed by atoms with Gasteiger partial charge in [-0.1, -0.05) is 19.1 Å². The molecule has 1 aromatic carbocycles. The molecule has 0 aromatic heterocycles. The molecule has 1 saturated carbocycles. The summed E-state index contributed by atoms with van der Waals surface area (Å²) >= 11 is 0. The van der Waals surface area contributed by atoms with Crippen molar-refractivity contribution in [2.45, 2.75) is 51.9 Å². The highest BCUT2D eigenvalue weighted by atomic mass is 19.1. The summed E-state index contributed by atoms with van der Waals surface area (Å²) in [5, 5.41) is 8.37. The van der Waals surface area contributed by atoms with Crippen LogP contribution in [0.3, 0.4) is 0 Å². The molecule has 0 saturated heterocycles. The largest absolute Gasteiger partial charge is 0.426 e. The Hall–Kier alpha value is -2.15. The summed E-state index contributed by atoms with van der Waals surface area (Å²) in [6.45, 7) is 2.09. The van der Waals surface area contributed by atoms with Crippen molar-refractivity contribution in [3.8, 4) is 11.8 Å². The Labute approximate surface area is 143 Å². The lowest BCUT2D eigenvalue weighted by Gasteiger charge is -2.26. The predicted octanol–water partition coefficient (Wildman–Crippen LogP) is 5.12. The Morgan fingerprint density at radius 3 is 2.54 bits per heavy atom. The van der Waals surface area contributed by atoms with Crippen LogP contribution in [0.2, 0.25) is 0 Å². The smallest absolute Gasteiger partial charge is 0.314 e. The van der Waals surface area contributed by atoms with Gasteiger partial charge in [-0.2, -0.15) is 9.65 Å². The van der Waals surface area contributed by atoms with Gasteiger partial charge in [-0.3, -0.25) is 4.79 Å². The molecule has 0 aliphatic heterocycles. The van der Waals surface area contributed by atoms with E-state index in [4.69, 9.17) is 10.00 Å². The van der Waals surface area contributed by atoms with Crippen LogP contribution in [0.25, 0.3) is 0 Å². The number of halogens is 1. The number of hydrogen-bond donors (Lipinski definition) is 0. The van der Waals surface area contributed by atoms with Gasteiger partial charge >= 0.3 is 5.97 Å². The van der Waals surface area contributed by atoms with Crippen LogP contribution in [-0.2, 0) is 11.2 Å². The molecule has 0 N–H and O–H groups in total. The minimum atomic E-state index is -0.707. The van der Waals surface area contributed by atoms with E-state index >= 15 is 0 Å². The van der Waals surface area contributed by atoms with E-state index in [-0.39, 0.29) is 11.9 Å². The molecular formula is C20H24FNO2. The fourth-order valence-electron chi connectivity index (χ4n) is 3.17. The summed E-state index contributed by atoms with van der Waals surface area (Å²) in [7, 11) is 0. The summed E-state index contributed by atoms with van der Waals surface area (Å²) in [5.74, 6) is 0.213. The molecule has 128 valence electrons. The quantitative estimate of drug-likeness (QED) is 0.413. The Bertz CT molecular complexity index is 608.